The van der Waals surface area contributed by atoms with Crippen LogP contribution in [0.3, 0.4) is 0 Å². The van der Waals surface area contributed by atoms with Crippen molar-refractivity contribution in [2.45, 2.75) is 13.3 Å². The fourth-order valence-corrected chi connectivity index (χ4v) is 1.62. The lowest BCUT2D eigenvalue weighted by Crippen LogP contribution is -2.09. The van der Waals surface area contributed by atoms with Gasteiger partial charge in [-0.15, -0.1) is 6.58 Å². The number of rotatable bonds is 3. The molecule has 2 aromatic rings. The van der Waals surface area contributed by atoms with Gasteiger partial charge in [-0.3, -0.25) is 0 Å². The molecule has 3 heteroatoms. The summed E-state index contributed by atoms with van der Waals surface area (Å²) >= 11 is 0. The van der Waals surface area contributed by atoms with E-state index in [2.05, 4.69) is 16.9 Å². The van der Waals surface area contributed by atoms with E-state index in [1.165, 1.54) is 6.07 Å². The summed E-state index contributed by atoms with van der Waals surface area (Å²) in [5.74, 6) is -0.178. The average molecular weight is 234 g/mol. The van der Waals surface area contributed by atoms with Crippen molar-refractivity contribution in [2.75, 3.05) is 13.6 Å². The minimum absolute atomic E-state index is 0.178. The Hall–Kier alpha value is -1.61. The van der Waals surface area contributed by atoms with Gasteiger partial charge in [-0.25, -0.2) is 4.39 Å². The van der Waals surface area contributed by atoms with E-state index < -0.39 is 0 Å². The van der Waals surface area contributed by atoms with E-state index >= 15 is 0 Å². The van der Waals surface area contributed by atoms with E-state index in [1.54, 1.807) is 18.2 Å². The number of aromatic nitrogens is 1. The third-order valence-corrected chi connectivity index (χ3v) is 2.37. The highest BCUT2D eigenvalue weighted by atomic mass is 19.1. The Morgan fingerprint density at radius 1 is 1.47 bits per heavy atom. The summed E-state index contributed by atoms with van der Waals surface area (Å²) in [5.41, 5.74) is 2.16. The molecule has 0 radical (unpaired) electrons. The van der Waals surface area contributed by atoms with Crippen LogP contribution in [-0.4, -0.2) is 18.6 Å². The van der Waals surface area contributed by atoms with Gasteiger partial charge in [0.25, 0.3) is 0 Å². The maximum absolute atomic E-state index is 13.0. The van der Waals surface area contributed by atoms with Gasteiger partial charge in [0.2, 0.25) is 0 Å². The van der Waals surface area contributed by atoms with Crippen molar-refractivity contribution in [1.82, 2.24) is 10.3 Å². The quantitative estimate of drug-likeness (QED) is 0.784. The molecule has 2 rings (SSSR count). The minimum Gasteiger partial charge on any atom is -0.361 e. The molecular formula is C14H19FN2. The van der Waals surface area contributed by atoms with Gasteiger partial charge in [-0.05, 0) is 50.7 Å². The Labute approximate surface area is 102 Å². The number of halogens is 1. The predicted molar refractivity (Wildman–Crippen MR) is 71.8 cm³/mol. The number of hydrogen-bond donors (Lipinski definition) is 2. The number of fused-ring (bicyclic) bond motifs is 1. The normalized spacial score (nSPS) is 9.82. The number of hydrogen-bond acceptors (Lipinski definition) is 1. The maximum atomic E-state index is 13.0. The topological polar surface area (TPSA) is 27.8 Å². The molecule has 0 aliphatic carbocycles. The van der Waals surface area contributed by atoms with E-state index in [-0.39, 0.29) is 5.82 Å². The summed E-state index contributed by atoms with van der Waals surface area (Å²) < 4.78 is 13.0. The highest BCUT2D eigenvalue weighted by Crippen LogP contribution is 2.19. The van der Waals surface area contributed by atoms with Crippen molar-refractivity contribution in [3.63, 3.8) is 0 Å². The zero-order chi connectivity index (χ0) is 12.7. The van der Waals surface area contributed by atoms with E-state index in [4.69, 9.17) is 0 Å². The molecule has 0 saturated heterocycles. The van der Waals surface area contributed by atoms with Crippen LogP contribution >= 0.6 is 0 Å². The lowest BCUT2D eigenvalue weighted by molar-refractivity contribution is 0.629. The van der Waals surface area contributed by atoms with Gasteiger partial charge in [0.15, 0.2) is 0 Å². The molecule has 1 aromatic carbocycles. The maximum Gasteiger partial charge on any atom is 0.123 e. The molecule has 0 spiro atoms. The summed E-state index contributed by atoms with van der Waals surface area (Å²) in [4.78, 5) is 3.13. The van der Waals surface area contributed by atoms with Gasteiger partial charge < -0.3 is 10.3 Å². The molecule has 2 nitrogen and oxygen atoms in total. The molecule has 0 aliphatic heterocycles. The number of aromatic amines is 1. The molecule has 0 fully saturated rings. The summed E-state index contributed by atoms with van der Waals surface area (Å²) in [5, 5.41) is 4.06. The highest BCUT2D eigenvalue weighted by molar-refractivity contribution is 5.83. The van der Waals surface area contributed by atoms with Crippen LogP contribution < -0.4 is 5.32 Å². The SMILES string of the molecule is C=CC.CNCCc1c[nH]c2ccc(F)cc12. The second-order valence-corrected chi connectivity index (χ2v) is 3.77. The number of allylic oxidation sites excluding steroid dienone is 1. The van der Waals surface area contributed by atoms with E-state index in [0.29, 0.717) is 0 Å². The van der Waals surface area contributed by atoms with Gasteiger partial charge in [0.05, 0.1) is 0 Å². The molecule has 0 amide bonds. The molecule has 0 saturated carbocycles. The molecule has 0 bridgehead atoms. The summed E-state index contributed by atoms with van der Waals surface area (Å²) in [6.45, 7) is 6.16. The van der Waals surface area contributed by atoms with Crippen LogP contribution in [0.25, 0.3) is 10.9 Å². The fourth-order valence-electron chi connectivity index (χ4n) is 1.62. The first-order valence-corrected chi connectivity index (χ1v) is 5.70. The lowest BCUT2D eigenvalue weighted by Gasteiger charge is -1.98. The van der Waals surface area contributed by atoms with Crippen LogP contribution in [-0.2, 0) is 6.42 Å². The van der Waals surface area contributed by atoms with Gasteiger partial charge >= 0.3 is 0 Å². The molecule has 0 atom stereocenters. The Balaban J connectivity index is 0.000000437. The number of H-pyrrole nitrogens is 1. The summed E-state index contributed by atoms with van der Waals surface area (Å²) in [6.07, 6.45) is 4.61. The molecule has 92 valence electrons. The van der Waals surface area contributed by atoms with Crippen molar-refractivity contribution in [3.05, 3.63) is 48.4 Å². The van der Waals surface area contributed by atoms with Crippen molar-refractivity contribution in [2.24, 2.45) is 0 Å². The average Bonchev–Trinajstić information content (AvgIpc) is 2.70. The van der Waals surface area contributed by atoms with Gasteiger partial charge in [-0.2, -0.15) is 0 Å². The second-order valence-electron chi connectivity index (χ2n) is 3.77. The molecule has 0 aliphatic rings. The summed E-state index contributed by atoms with van der Waals surface area (Å²) in [7, 11) is 1.91. The van der Waals surface area contributed by atoms with Gasteiger partial charge in [-0.1, -0.05) is 6.08 Å². The molecule has 0 unspecified atom stereocenters. The monoisotopic (exact) mass is 234 g/mol. The van der Waals surface area contributed by atoms with Gasteiger partial charge in [0.1, 0.15) is 5.82 Å². The Kier molecular flexibility index (Phi) is 5.43. The van der Waals surface area contributed by atoms with Crippen LogP contribution in [0.2, 0.25) is 0 Å². The summed E-state index contributed by atoms with van der Waals surface area (Å²) in [6, 6.07) is 4.82. The standard InChI is InChI=1S/C11H13FN2.C3H6/c1-13-5-4-8-7-14-11-3-2-9(12)6-10(8)11;1-3-2/h2-3,6-7,13-14H,4-5H2,1H3;3H,1H2,2H3. The van der Waals surface area contributed by atoms with Crippen molar-refractivity contribution in [1.29, 1.82) is 0 Å². The number of nitrogens with one attached hydrogen (secondary N) is 2. The Bertz CT molecular complexity index is 474. The zero-order valence-corrected chi connectivity index (χ0v) is 10.4. The van der Waals surface area contributed by atoms with Gasteiger partial charge in [0, 0.05) is 17.1 Å². The minimum atomic E-state index is -0.178. The Morgan fingerprint density at radius 3 is 2.82 bits per heavy atom. The van der Waals surface area contributed by atoms with E-state index in [9.17, 15) is 4.39 Å². The molecule has 17 heavy (non-hydrogen) atoms. The van der Waals surface area contributed by atoms with Crippen molar-refractivity contribution >= 4 is 10.9 Å². The molecule has 1 heterocycles. The third-order valence-electron chi connectivity index (χ3n) is 2.37. The van der Waals surface area contributed by atoms with Crippen molar-refractivity contribution < 1.29 is 4.39 Å². The lowest BCUT2D eigenvalue weighted by atomic mass is 10.1. The van der Waals surface area contributed by atoms with Crippen molar-refractivity contribution in [3.8, 4) is 0 Å². The van der Waals surface area contributed by atoms with Crippen LogP contribution in [0.4, 0.5) is 4.39 Å². The third kappa shape index (κ3) is 3.71. The molecule has 1 aromatic heterocycles. The highest BCUT2D eigenvalue weighted by Gasteiger charge is 2.03. The van der Waals surface area contributed by atoms with Crippen LogP contribution in [0, 0.1) is 5.82 Å². The molecule has 2 N–H and O–H groups in total. The number of likely N-dealkylation sites (N-methyl/N-ethyl adjacent to an activating group) is 1. The van der Waals surface area contributed by atoms with Crippen LogP contribution in [0.1, 0.15) is 12.5 Å². The fraction of sp³-hybridized carbons (Fsp3) is 0.286. The first-order valence-electron chi connectivity index (χ1n) is 5.70. The number of benzene rings is 1. The Morgan fingerprint density at radius 2 is 2.18 bits per heavy atom. The van der Waals surface area contributed by atoms with E-state index in [0.717, 1.165) is 29.4 Å². The second kappa shape index (κ2) is 6.86. The first kappa shape index (κ1) is 13.5. The molecular weight excluding hydrogens is 215 g/mol. The smallest absolute Gasteiger partial charge is 0.123 e. The van der Waals surface area contributed by atoms with E-state index in [1.807, 2.05) is 20.2 Å². The first-order chi connectivity index (χ1) is 8.22. The predicted octanol–water partition coefficient (Wildman–Crippen LogP) is 3.26. The zero-order valence-electron chi connectivity index (χ0n) is 10.4. The largest absolute Gasteiger partial charge is 0.361 e. The van der Waals surface area contributed by atoms with Crippen LogP contribution in [0.5, 0.6) is 0 Å². The van der Waals surface area contributed by atoms with Crippen LogP contribution in [0.15, 0.2) is 37.1 Å².